The first-order valence-corrected chi connectivity index (χ1v) is 6.87. The fourth-order valence-corrected chi connectivity index (χ4v) is 2.00. The Balaban J connectivity index is 2.54. The third-order valence-corrected chi connectivity index (χ3v) is 3.02. The van der Waals surface area contributed by atoms with Gasteiger partial charge in [0.05, 0.1) is 13.7 Å². The van der Waals surface area contributed by atoms with E-state index in [0.29, 0.717) is 13.0 Å². The van der Waals surface area contributed by atoms with Gasteiger partial charge in [0, 0.05) is 25.8 Å². The molecule has 0 heterocycles. The molecule has 0 saturated heterocycles. The van der Waals surface area contributed by atoms with Crippen LogP contribution in [0.25, 0.3) is 6.08 Å². The summed E-state index contributed by atoms with van der Waals surface area (Å²) < 4.78 is 10.3. The van der Waals surface area contributed by atoms with Crippen molar-refractivity contribution in [3.8, 4) is 5.75 Å². The molecule has 0 amide bonds. The molecule has 1 aromatic carbocycles. The van der Waals surface area contributed by atoms with Crippen molar-refractivity contribution in [1.82, 2.24) is 5.32 Å². The van der Waals surface area contributed by atoms with Gasteiger partial charge >= 0.3 is 0 Å². The van der Waals surface area contributed by atoms with Crippen LogP contribution in [0.15, 0.2) is 30.3 Å². The summed E-state index contributed by atoms with van der Waals surface area (Å²) in [4.78, 5) is 0. The van der Waals surface area contributed by atoms with Gasteiger partial charge in [-0.3, -0.25) is 0 Å². The fourth-order valence-electron chi connectivity index (χ4n) is 2.00. The minimum absolute atomic E-state index is 0.160. The predicted molar refractivity (Wildman–Crippen MR) is 82.0 cm³/mol. The van der Waals surface area contributed by atoms with Crippen LogP contribution in [0.2, 0.25) is 0 Å². The van der Waals surface area contributed by atoms with Crippen LogP contribution in [0.4, 0.5) is 0 Å². The summed E-state index contributed by atoms with van der Waals surface area (Å²) in [5.74, 6) is 0.852. The first-order chi connectivity index (χ1) is 9.69. The van der Waals surface area contributed by atoms with Crippen LogP contribution >= 0.6 is 0 Å². The second-order valence-corrected chi connectivity index (χ2v) is 4.76. The lowest BCUT2D eigenvalue weighted by atomic mass is 10.1. The van der Waals surface area contributed by atoms with Gasteiger partial charge in [0.1, 0.15) is 5.75 Å². The largest absolute Gasteiger partial charge is 0.497 e. The molecule has 2 N–H and O–H groups in total. The van der Waals surface area contributed by atoms with E-state index in [9.17, 15) is 0 Å². The maximum Gasteiger partial charge on any atom is 0.119 e. The molecule has 0 aliphatic heterocycles. The molecule has 0 radical (unpaired) electrons. The number of ether oxygens (including phenoxy) is 2. The molecule has 2 atom stereocenters. The molecule has 1 rings (SSSR count). The maximum absolute atomic E-state index is 9.01. The molecule has 112 valence electrons. The third-order valence-electron chi connectivity index (χ3n) is 3.02. The van der Waals surface area contributed by atoms with Gasteiger partial charge in [-0.2, -0.15) is 0 Å². The molecule has 0 bridgehead atoms. The molecule has 1 aromatic rings. The van der Waals surface area contributed by atoms with Crippen molar-refractivity contribution in [2.24, 2.45) is 0 Å². The van der Waals surface area contributed by atoms with Crippen molar-refractivity contribution in [2.75, 3.05) is 27.4 Å². The zero-order chi connectivity index (χ0) is 14.8. The first-order valence-electron chi connectivity index (χ1n) is 6.87. The SMILES string of the molecule is COCC(CCO)NC(C)C=Cc1cccc(OC)c1. The normalized spacial score (nSPS) is 14.4. The lowest BCUT2D eigenvalue weighted by Crippen LogP contribution is -2.39. The summed E-state index contributed by atoms with van der Waals surface area (Å²) in [7, 11) is 3.33. The fraction of sp³-hybridized carbons (Fsp3) is 0.500. The van der Waals surface area contributed by atoms with E-state index in [1.165, 1.54) is 0 Å². The van der Waals surface area contributed by atoms with Crippen molar-refractivity contribution >= 4 is 6.08 Å². The Bertz CT molecular complexity index is 400. The van der Waals surface area contributed by atoms with E-state index in [0.717, 1.165) is 11.3 Å². The molecule has 0 fully saturated rings. The number of aliphatic hydroxyl groups excluding tert-OH is 1. The van der Waals surface area contributed by atoms with Gasteiger partial charge in [-0.25, -0.2) is 0 Å². The molecule has 20 heavy (non-hydrogen) atoms. The zero-order valence-corrected chi connectivity index (χ0v) is 12.5. The van der Waals surface area contributed by atoms with Gasteiger partial charge in [0.2, 0.25) is 0 Å². The third kappa shape index (κ3) is 6.19. The van der Waals surface area contributed by atoms with Crippen LogP contribution in [-0.4, -0.2) is 44.6 Å². The number of benzene rings is 1. The summed E-state index contributed by atoms with van der Waals surface area (Å²) in [6.45, 7) is 2.84. The van der Waals surface area contributed by atoms with Crippen LogP contribution in [0.5, 0.6) is 5.75 Å². The van der Waals surface area contributed by atoms with Crippen LogP contribution in [0, 0.1) is 0 Å². The van der Waals surface area contributed by atoms with Crippen LogP contribution in [0.3, 0.4) is 0 Å². The van der Waals surface area contributed by atoms with E-state index in [4.69, 9.17) is 14.6 Å². The van der Waals surface area contributed by atoms with Gasteiger partial charge in [0.15, 0.2) is 0 Å². The molecule has 0 aliphatic carbocycles. The molecule has 0 spiro atoms. The Hall–Kier alpha value is -1.36. The van der Waals surface area contributed by atoms with Gasteiger partial charge in [-0.05, 0) is 31.0 Å². The van der Waals surface area contributed by atoms with Crippen molar-refractivity contribution < 1.29 is 14.6 Å². The summed E-state index contributed by atoms with van der Waals surface area (Å²) >= 11 is 0. The number of hydrogen-bond donors (Lipinski definition) is 2. The minimum atomic E-state index is 0.160. The average molecular weight is 279 g/mol. The van der Waals surface area contributed by atoms with Crippen molar-refractivity contribution in [3.63, 3.8) is 0 Å². The lowest BCUT2D eigenvalue weighted by Gasteiger charge is -2.20. The Morgan fingerprint density at radius 2 is 2.15 bits per heavy atom. The predicted octanol–water partition coefficient (Wildman–Crippen LogP) is 2.08. The Kier molecular flexibility index (Phi) is 7.95. The van der Waals surface area contributed by atoms with E-state index >= 15 is 0 Å². The second kappa shape index (κ2) is 9.53. The topological polar surface area (TPSA) is 50.7 Å². The Morgan fingerprint density at radius 1 is 1.35 bits per heavy atom. The van der Waals surface area contributed by atoms with E-state index in [1.807, 2.05) is 24.3 Å². The summed E-state index contributed by atoms with van der Waals surface area (Å²) in [6, 6.07) is 8.28. The van der Waals surface area contributed by atoms with Gasteiger partial charge < -0.3 is 19.9 Å². The van der Waals surface area contributed by atoms with E-state index < -0.39 is 0 Å². The average Bonchev–Trinajstić information content (AvgIpc) is 2.46. The van der Waals surface area contributed by atoms with Gasteiger partial charge in [0.25, 0.3) is 0 Å². The highest BCUT2D eigenvalue weighted by atomic mass is 16.5. The van der Waals surface area contributed by atoms with Gasteiger partial charge in [-0.1, -0.05) is 24.3 Å². The van der Waals surface area contributed by atoms with Crippen molar-refractivity contribution in [2.45, 2.75) is 25.4 Å². The second-order valence-electron chi connectivity index (χ2n) is 4.76. The smallest absolute Gasteiger partial charge is 0.119 e. The van der Waals surface area contributed by atoms with Gasteiger partial charge in [-0.15, -0.1) is 0 Å². The summed E-state index contributed by atoms with van der Waals surface area (Å²) in [5, 5.41) is 12.4. The highest BCUT2D eigenvalue weighted by Crippen LogP contribution is 2.13. The number of hydrogen-bond acceptors (Lipinski definition) is 4. The monoisotopic (exact) mass is 279 g/mol. The first kappa shape index (κ1) is 16.7. The van der Waals surface area contributed by atoms with Crippen LogP contribution in [-0.2, 0) is 4.74 Å². The van der Waals surface area contributed by atoms with E-state index in [2.05, 4.69) is 24.4 Å². The Morgan fingerprint density at radius 3 is 2.80 bits per heavy atom. The van der Waals surface area contributed by atoms with Crippen LogP contribution < -0.4 is 10.1 Å². The molecule has 0 saturated carbocycles. The molecular weight excluding hydrogens is 254 g/mol. The molecular formula is C16H25NO3. The number of nitrogens with one attached hydrogen (secondary N) is 1. The number of aliphatic hydroxyl groups is 1. The minimum Gasteiger partial charge on any atom is -0.497 e. The Labute approximate surface area is 121 Å². The van der Waals surface area contributed by atoms with E-state index in [1.54, 1.807) is 14.2 Å². The summed E-state index contributed by atoms with van der Waals surface area (Å²) in [6.07, 6.45) is 4.84. The van der Waals surface area contributed by atoms with Crippen molar-refractivity contribution in [3.05, 3.63) is 35.9 Å². The summed E-state index contributed by atoms with van der Waals surface area (Å²) in [5.41, 5.74) is 1.10. The highest BCUT2D eigenvalue weighted by molar-refractivity contribution is 5.52. The number of rotatable bonds is 9. The number of methoxy groups -OCH3 is 2. The zero-order valence-electron chi connectivity index (χ0n) is 12.5. The standard InChI is InChI=1S/C16H25NO3/c1-13(17-15(9-10-18)12-19-2)7-8-14-5-4-6-16(11-14)20-3/h4-8,11,13,15,17-18H,9-10,12H2,1-3H3. The quantitative estimate of drug-likeness (QED) is 0.727. The molecule has 2 unspecified atom stereocenters. The molecule has 4 nitrogen and oxygen atoms in total. The van der Waals surface area contributed by atoms with Crippen LogP contribution in [0.1, 0.15) is 18.9 Å². The van der Waals surface area contributed by atoms with Crippen molar-refractivity contribution in [1.29, 1.82) is 0 Å². The maximum atomic E-state index is 9.01. The van der Waals surface area contributed by atoms with E-state index in [-0.39, 0.29) is 18.7 Å². The molecule has 0 aromatic heterocycles. The lowest BCUT2D eigenvalue weighted by molar-refractivity contribution is 0.146. The molecule has 4 heteroatoms. The highest BCUT2D eigenvalue weighted by Gasteiger charge is 2.09. The molecule has 0 aliphatic rings.